The van der Waals surface area contributed by atoms with Crippen molar-refractivity contribution in [1.29, 1.82) is 0 Å². The van der Waals surface area contributed by atoms with Gasteiger partial charge in [0.05, 0.1) is 0 Å². The fraction of sp³-hybridized carbons (Fsp3) is 0.545. The smallest absolute Gasteiger partial charge is 0.334 e. The Morgan fingerprint density at radius 3 is 2.77 bits per heavy atom. The minimum absolute atomic E-state index is 0.0912. The Bertz CT molecular complexity index is 240. The maximum absolute atomic E-state index is 11.1. The lowest BCUT2D eigenvalue weighted by Gasteiger charge is -2.07. The Balaban J connectivity index is 2.53. The third kappa shape index (κ3) is 2.20. The van der Waals surface area contributed by atoms with Crippen molar-refractivity contribution in [2.24, 2.45) is 5.92 Å². The van der Waals surface area contributed by atoms with Crippen molar-refractivity contribution in [3.63, 3.8) is 0 Å². The topological polar surface area (TPSA) is 26.3 Å². The summed E-state index contributed by atoms with van der Waals surface area (Å²) in [6, 6.07) is 0. The maximum atomic E-state index is 11.1. The number of allylic oxidation sites excluding steroid dienone is 1. The molecule has 0 saturated carbocycles. The van der Waals surface area contributed by atoms with Crippen molar-refractivity contribution >= 4 is 5.97 Å². The van der Waals surface area contributed by atoms with Crippen LogP contribution in [0.3, 0.4) is 0 Å². The molecule has 1 heterocycles. The second-order valence-corrected chi connectivity index (χ2v) is 3.40. The fourth-order valence-corrected chi connectivity index (χ4v) is 1.29. The lowest BCUT2D eigenvalue weighted by Crippen LogP contribution is -2.09. The first-order valence-corrected chi connectivity index (χ1v) is 4.73. The summed E-state index contributed by atoms with van der Waals surface area (Å²) in [4.78, 5) is 11.1. The van der Waals surface area contributed by atoms with E-state index in [1.165, 1.54) is 0 Å². The van der Waals surface area contributed by atoms with Gasteiger partial charge in [0.1, 0.15) is 6.10 Å². The lowest BCUT2D eigenvalue weighted by atomic mass is 9.99. The summed E-state index contributed by atoms with van der Waals surface area (Å²) in [5, 5.41) is 0. The lowest BCUT2D eigenvalue weighted by molar-refractivity contribution is -0.137. The van der Waals surface area contributed by atoms with Crippen molar-refractivity contribution in [1.82, 2.24) is 0 Å². The van der Waals surface area contributed by atoms with E-state index < -0.39 is 0 Å². The first-order chi connectivity index (χ1) is 6.16. The summed E-state index contributed by atoms with van der Waals surface area (Å²) < 4.78 is 5.11. The van der Waals surface area contributed by atoms with Crippen LogP contribution in [0.5, 0.6) is 0 Å². The molecule has 0 bridgehead atoms. The molecule has 0 radical (unpaired) electrons. The number of carbonyl (C=O) groups excluding carboxylic acids is 1. The molecule has 1 aliphatic rings. The Kier molecular flexibility index (Phi) is 3.29. The zero-order valence-corrected chi connectivity index (χ0v) is 8.25. The van der Waals surface area contributed by atoms with Gasteiger partial charge in [0.15, 0.2) is 0 Å². The minimum Gasteiger partial charge on any atom is -0.454 e. The van der Waals surface area contributed by atoms with Gasteiger partial charge in [0, 0.05) is 11.5 Å². The van der Waals surface area contributed by atoms with E-state index in [2.05, 4.69) is 19.6 Å². The summed E-state index contributed by atoms with van der Waals surface area (Å²) in [6.45, 7) is 7.77. The third-order valence-corrected chi connectivity index (χ3v) is 2.33. The molecule has 0 N–H and O–H groups in total. The van der Waals surface area contributed by atoms with Gasteiger partial charge in [-0.1, -0.05) is 32.9 Å². The first-order valence-electron chi connectivity index (χ1n) is 4.73. The van der Waals surface area contributed by atoms with Crippen LogP contribution in [0.1, 0.15) is 26.7 Å². The first kappa shape index (κ1) is 10.0. The molecule has 2 nitrogen and oxygen atoms in total. The molecule has 0 aromatic carbocycles. The summed E-state index contributed by atoms with van der Waals surface area (Å²) in [5.74, 6) is -0.126. The Hall–Kier alpha value is -1.05. The normalized spacial score (nSPS) is 28.5. The van der Waals surface area contributed by atoms with Gasteiger partial charge in [-0.05, 0) is 12.5 Å². The van der Waals surface area contributed by atoms with Crippen molar-refractivity contribution in [3.05, 3.63) is 24.3 Å². The molecule has 0 unspecified atom stereocenters. The summed E-state index contributed by atoms with van der Waals surface area (Å²) in [5.41, 5.74) is 0.589. The van der Waals surface area contributed by atoms with Gasteiger partial charge >= 0.3 is 5.97 Å². The van der Waals surface area contributed by atoms with E-state index in [1.54, 1.807) is 0 Å². The van der Waals surface area contributed by atoms with Crippen molar-refractivity contribution in [3.8, 4) is 0 Å². The molecule has 2 atom stereocenters. The number of hydrogen-bond donors (Lipinski definition) is 0. The average Bonchev–Trinajstić information content (AvgIpc) is 2.34. The second kappa shape index (κ2) is 4.26. The monoisotopic (exact) mass is 180 g/mol. The van der Waals surface area contributed by atoms with E-state index in [0.29, 0.717) is 5.57 Å². The van der Waals surface area contributed by atoms with Crippen LogP contribution < -0.4 is 0 Å². The van der Waals surface area contributed by atoms with E-state index >= 15 is 0 Å². The summed E-state index contributed by atoms with van der Waals surface area (Å²) >= 11 is 0. The number of hydrogen-bond acceptors (Lipinski definition) is 2. The molecule has 1 aliphatic heterocycles. The van der Waals surface area contributed by atoms with Gasteiger partial charge in [0.2, 0.25) is 0 Å². The summed E-state index contributed by atoms with van der Waals surface area (Å²) in [6.07, 6.45) is 6.09. The Morgan fingerprint density at radius 1 is 1.62 bits per heavy atom. The van der Waals surface area contributed by atoms with Gasteiger partial charge in [-0.25, -0.2) is 4.79 Å². The molecule has 0 aromatic heterocycles. The van der Waals surface area contributed by atoms with Crippen LogP contribution in [0.15, 0.2) is 24.3 Å². The number of carbonyl (C=O) groups is 1. The minimum atomic E-state index is -0.251. The van der Waals surface area contributed by atoms with Gasteiger partial charge in [-0.3, -0.25) is 0 Å². The highest BCUT2D eigenvalue weighted by atomic mass is 16.5. The number of esters is 1. The number of ether oxygens (including phenoxy) is 1. The van der Waals surface area contributed by atoms with Crippen LogP contribution in [0.25, 0.3) is 0 Å². The summed E-state index contributed by atoms with van der Waals surface area (Å²) in [7, 11) is 0. The number of unbranched alkanes of at least 4 members (excludes halogenated alkanes) is 1. The molecular formula is C11H16O2. The molecule has 0 spiro atoms. The van der Waals surface area contributed by atoms with Gasteiger partial charge in [0.25, 0.3) is 0 Å². The molecule has 13 heavy (non-hydrogen) atoms. The third-order valence-electron chi connectivity index (χ3n) is 2.33. The predicted octanol–water partition coefficient (Wildman–Crippen LogP) is 2.46. The van der Waals surface area contributed by atoms with Gasteiger partial charge < -0.3 is 4.74 Å². The van der Waals surface area contributed by atoms with Crippen LogP contribution in [0, 0.1) is 5.92 Å². The van der Waals surface area contributed by atoms with Crippen molar-refractivity contribution in [2.75, 3.05) is 0 Å². The standard InChI is InChI=1S/C11H16O2/c1-4-5-6-7-10-8(2)9(3)11(12)13-10/h6-8,10H,3-5H2,1-2H3/b7-6+/t8-,10-/m1/s1. The van der Waals surface area contributed by atoms with E-state index in [1.807, 2.05) is 13.0 Å². The van der Waals surface area contributed by atoms with Gasteiger partial charge in [-0.15, -0.1) is 0 Å². The van der Waals surface area contributed by atoms with Crippen molar-refractivity contribution < 1.29 is 9.53 Å². The van der Waals surface area contributed by atoms with Crippen LogP contribution in [-0.4, -0.2) is 12.1 Å². The van der Waals surface area contributed by atoms with Crippen LogP contribution in [-0.2, 0) is 9.53 Å². The van der Waals surface area contributed by atoms with Crippen LogP contribution in [0.2, 0.25) is 0 Å². The van der Waals surface area contributed by atoms with E-state index in [-0.39, 0.29) is 18.0 Å². The van der Waals surface area contributed by atoms with E-state index in [4.69, 9.17) is 4.74 Å². The second-order valence-electron chi connectivity index (χ2n) is 3.40. The number of rotatable bonds is 3. The highest BCUT2D eigenvalue weighted by Crippen LogP contribution is 2.26. The molecule has 72 valence electrons. The molecule has 0 amide bonds. The zero-order chi connectivity index (χ0) is 9.84. The SMILES string of the molecule is C=C1C(=O)O[C@H](/C=C/CCC)[C@@H]1C. The highest BCUT2D eigenvalue weighted by molar-refractivity contribution is 5.90. The fourth-order valence-electron chi connectivity index (χ4n) is 1.29. The van der Waals surface area contributed by atoms with Gasteiger partial charge in [-0.2, -0.15) is 0 Å². The zero-order valence-electron chi connectivity index (χ0n) is 8.25. The number of cyclic esters (lactones) is 1. The maximum Gasteiger partial charge on any atom is 0.334 e. The predicted molar refractivity (Wildman–Crippen MR) is 52.2 cm³/mol. The Labute approximate surface area is 79.3 Å². The Morgan fingerprint density at radius 2 is 2.31 bits per heavy atom. The molecular weight excluding hydrogens is 164 g/mol. The molecule has 0 aliphatic carbocycles. The quantitative estimate of drug-likeness (QED) is 0.379. The molecule has 2 heteroatoms. The van der Waals surface area contributed by atoms with Crippen LogP contribution in [0.4, 0.5) is 0 Å². The average molecular weight is 180 g/mol. The van der Waals surface area contributed by atoms with Crippen LogP contribution >= 0.6 is 0 Å². The van der Waals surface area contributed by atoms with E-state index in [0.717, 1.165) is 12.8 Å². The largest absolute Gasteiger partial charge is 0.454 e. The highest BCUT2D eigenvalue weighted by Gasteiger charge is 2.33. The molecule has 1 fully saturated rings. The van der Waals surface area contributed by atoms with E-state index in [9.17, 15) is 4.79 Å². The molecule has 1 rings (SSSR count). The molecule has 1 saturated heterocycles. The molecule has 0 aromatic rings. The van der Waals surface area contributed by atoms with Crippen molar-refractivity contribution in [2.45, 2.75) is 32.8 Å².